The van der Waals surface area contributed by atoms with E-state index < -0.39 is 0 Å². The van der Waals surface area contributed by atoms with Crippen molar-refractivity contribution in [2.24, 2.45) is 7.05 Å². The first-order valence-corrected chi connectivity index (χ1v) is 15.5. The Hall–Kier alpha value is 0.0900. The Labute approximate surface area is 203 Å². The van der Waals surface area contributed by atoms with Gasteiger partial charge >= 0.3 is 0 Å². The van der Waals surface area contributed by atoms with Gasteiger partial charge in [-0.25, -0.2) is 0 Å². The molecule has 134 valence electrons. The van der Waals surface area contributed by atoms with Gasteiger partial charge in [-0.3, -0.25) is 0 Å². The van der Waals surface area contributed by atoms with Crippen LogP contribution in [0.3, 0.4) is 0 Å². The number of fused-ring (bicyclic) bond motifs is 1. The fourth-order valence-electron chi connectivity index (χ4n) is 2.61. The normalized spacial score (nSPS) is 9.96. The lowest BCUT2D eigenvalue weighted by molar-refractivity contribution is -0.640. The molecule has 0 unspecified atom stereocenters. The average molecular weight is 715 g/mol. The number of benzene rings is 3. The second kappa shape index (κ2) is 11.2. The number of hydrogen-bond acceptors (Lipinski definition) is 2. The van der Waals surface area contributed by atoms with Crippen molar-refractivity contribution in [3.05, 3.63) is 78.9 Å². The van der Waals surface area contributed by atoms with Crippen molar-refractivity contribution < 1.29 is 27.9 Å². The van der Waals surface area contributed by atoms with Gasteiger partial charge in [-0.05, 0) is 40.2 Å². The van der Waals surface area contributed by atoms with Crippen LogP contribution < -0.4 is 27.9 Å². The molecule has 3 aromatic carbocycles. The molecule has 26 heavy (non-hydrogen) atoms. The minimum absolute atomic E-state index is 0. The predicted octanol–water partition coefficient (Wildman–Crippen LogP) is 4.32. The summed E-state index contributed by atoms with van der Waals surface area (Å²) in [7, 11) is 2.13. The maximum Gasteiger partial charge on any atom is 0.259 e. The first-order valence-electron chi connectivity index (χ1n) is 7.66. The Kier molecular flexibility index (Phi) is 9.62. The van der Waals surface area contributed by atoms with E-state index in [1.807, 2.05) is 11.8 Å². The Balaban J connectivity index is 0.000000784. The van der Waals surface area contributed by atoms with Gasteiger partial charge in [0.1, 0.15) is 16.4 Å². The Morgan fingerprint density at radius 2 is 1.46 bits per heavy atom. The minimum Gasteiger partial charge on any atom is -1.00 e. The summed E-state index contributed by atoms with van der Waals surface area (Å²) in [5.74, 6) is 0. The van der Waals surface area contributed by atoms with E-state index in [0.29, 0.717) is 0 Å². The molecule has 0 aliphatic heterocycles. The summed E-state index contributed by atoms with van der Waals surface area (Å²) in [5, 5.41) is 3.85. The maximum absolute atomic E-state index is 2.28. The third-order valence-electron chi connectivity index (χ3n) is 3.80. The first-order chi connectivity index (χ1) is 12.3. The van der Waals surface area contributed by atoms with Crippen molar-refractivity contribution in [3.63, 3.8) is 0 Å². The van der Waals surface area contributed by atoms with Crippen LogP contribution in [0.2, 0.25) is 0 Å². The van der Waals surface area contributed by atoms with E-state index in [4.69, 9.17) is 0 Å². The van der Waals surface area contributed by atoms with Crippen molar-refractivity contribution in [1.82, 2.24) is 0 Å². The maximum atomic E-state index is 2.28. The van der Waals surface area contributed by atoms with Gasteiger partial charge < -0.3 is 24.0 Å². The molecule has 0 amide bonds. The van der Waals surface area contributed by atoms with Crippen LogP contribution in [0.15, 0.2) is 88.8 Å². The van der Waals surface area contributed by atoms with Gasteiger partial charge in [0.2, 0.25) is 0 Å². The third kappa shape index (κ3) is 5.55. The summed E-state index contributed by atoms with van der Waals surface area (Å²) < 4.78 is 2.24. The van der Waals surface area contributed by atoms with Crippen molar-refractivity contribution in [3.8, 4) is 10.4 Å². The number of aromatic nitrogens is 1. The molecule has 1 aromatic heterocycles. The number of halogens is 3. The summed E-state index contributed by atoms with van der Waals surface area (Å²) >= 11 is 7.84. The van der Waals surface area contributed by atoms with Crippen molar-refractivity contribution in [2.75, 3.05) is 0 Å². The smallest absolute Gasteiger partial charge is 0.259 e. The molecule has 0 aliphatic carbocycles. The van der Waals surface area contributed by atoms with E-state index in [1.165, 1.54) is 31.1 Å². The molecule has 0 aliphatic rings. The molecule has 0 fully saturated rings. The molecule has 4 aromatic rings. The Morgan fingerprint density at radius 3 is 2.19 bits per heavy atom. The van der Waals surface area contributed by atoms with Crippen LogP contribution in [0.5, 0.6) is 0 Å². The van der Waals surface area contributed by atoms with Gasteiger partial charge in [-0.1, -0.05) is 60.7 Å². The molecule has 6 heteroatoms. The molecule has 1 nitrogen and oxygen atoms in total. The lowest BCUT2D eigenvalue weighted by atomic mass is 10.1. The van der Waals surface area contributed by atoms with Crippen LogP contribution in [-0.4, -0.2) is 0 Å². The van der Waals surface area contributed by atoms with Crippen LogP contribution >= 0.6 is 60.5 Å². The van der Waals surface area contributed by atoms with E-state index in [-0.39, 0.29) is 24.0 Å². The number of rotatable bonds is 3. The molecule has 0 atom stereocenters. The second-order valence-corrected chi connectivity index (χ2v) is 7.68. The molecule has 0 radical (unpaired) electrons. The topological polar surface area (TPSA) is 3.88 Å². The number of aryl methyl sites for hydroxylation is 1. The van der Waals surface area contributed by atoms with Crippen LogP contribution in [-0.2, 0) is 7.05 Å². The summed E-state index contributed by atoms with van der Waals surface area (Å²) in [4.78, 5) is 2.58. The third-order valence-corrected chi connectivity index (χ3v) is 6.03. The van der Waals surface area contributed by atoms with Crippen molar-refractivity contribution >= 4 is 71.3 Å². The molecule has 0 saturated carbocycles. The van der Waals surface area contributed by atoms with Crippen molar-refractivity contribution in [1.29, 1.82) is 0 Å². The SMILES string of the molecule is C[n+]1sc(-c2ccccc2)cc1Sc1ccc2ccccc2c1.II.[I-]. The van der Waals surface area contributed by atoms with Gasteiger partial charge in [0.25, 0.3) is 5.03 Å². The zero-order valence-corrected chi connectivity index (χ0v) is 22.0. The zero-order valence-electron chi connectivity index (χ0n) is 13.9. The van der Waals surface area contributed by atoms with Gasteiger partial charge in [0.05, 0.1) is 0 Å². The standard InChI is InChI=1S/C20H16NS2.I2.HI/c1-21-20(14-19(23-21)16-8-3-2-4-9-16)22-18-12-11-15-7-5-6-10-17(15)13-18;1-2;/h2-14H,1H3;;1H/q+1;;/p-1. The number of hydrogen-bond donors (Lipinski definition) is 0. The summed E-state index contributed by atoms with van der Waals surface area (Å²) in [6.45, 7) is 0. The fraction of sp³-hybridized carbons (Fsp3) is 0.0500. The highest BCUT2D eigenvalue weighted by Gasteiger charge is 2.16. The lowest BCUT2D eigenvalue weighted by Gasteiger charge is -2.00. The van der Waals surface area contributed by atoms with Gasteiger partial charge in [0, 0.05) is 48.2 Å². The Bertz CT molecular complexity index is 971. The molecule has 0 spiro atoms. The van der Waals surface area contributed by atoms with Gasteiger partial charge in [-0.15, -0.1) is 3.96 Å². The lowest BCUT2D eigenvalue weighted by Crippen LogP contribution is -3.00. The highest BCUT2D eigenvalue weighted by atomic mass is 128. The van der Waals surface area contributed by atoms with E-state index in [9.17, 15) is 0 Å². The average Bonchev–Trinajstić information content (AvgIpc) is 3.04. The largest absolute Gasteiger partial charge is 1.00 e. The molecule has 0 saturated heterocycles. The zero-order chi connectivity index (χ0) is 17.6. The van der Waals surface area contributed by atoms with E-state index in [0.717, 1.165) is 0 Å². The van der Waals surface area contributed by atoms with Crippen LogP contribution in [0.4, 0.5) is 0 Å². The molecule has 0 N–H and O–H groups in total. The van der Waals surface area contributed by atoms with Crippen molar-refractivity contribution in [2.45, 2.75) is 9.92 Å². The van der Waals surface area contributed by atoms with Gasteiger partial charge in [0.15, 0.2) is 7.05 Å². The molecule has 0 bridgehead atoms. The molecule has 1 heterocycles. The monoisotopic (exact) mass is 715 g/mol. The van der Waals surface area contributed by atoms with Crippen LogP contribution in [0, 0.1) is 0 Å². The summed E-state index contributed by atoms with van der Waals surface area (Å²) in [5.41, 5.74) is 1.28. The van der Waals surface area contributed by atoms with Crippen LogP contribution in [0.25, 0.3) is 21.2 Å². The fourth-order valence-corrected chi connectivity index (χ4v) is 4.62. The van der Waals surface area contributed by atoms with Crippen LogP contribution in [0.1, 0.15) is 0 Å². The highest BCUT2D eigenvalue weighted by molar-refractivity contribution is 15.0. The predicted molar refractivity (Wildman–Crippen MR) is 127 cm³/mol. The molecular weight excluding hydrogens is 699 g/mol. The first kappa shape index (κ1) is 22.4. The quantitative estimate of drug-likeness (QED) is 0.226. The second-order valence-electron chi connectivity index (χ2n) is 5.41. The molecule has 4 rings (SSSR count). The van der Waals surface area contributed by atoms with E-state index in [2.05, 4.69) is 127 Å². The minimum atomic E-state index is 0. The van der Waals surface area contributed by atoms with E-state index >= 15 is 0 Å². The summed E-state index contributed by atoms with van der Waals surface area (Å²) in [6, 6.07) is 28.0. The van der Waals surface area contributed by atoms with E-state index in [1.54, 1.807) is 11.5 Å². The van der Waals surface area contributed by atoms with Gasteiger partial charge in [-0.2, -0.15) is 0 Å². The number of nitrogens with zero attached hydrogens (tertiary/aromatic N) is 1. The highest BCUT2D eigenvalue weighted by Crippen LogP contribution is 2.33. The molecular formula is C20H16I3NS2. The Morgan fingerprint density at radius 1 is 0.808 bits per heavy atom. The summed E-state index contributed by atoms with van der Waals surface area (Å²) in [6.07, 6.45) is 0.